The quantitative estimate of drug-likeness (QED) is 0.619. The maximum absolute atomic E-state index is 11.9. The molecule has 3 rings (SSSR count). The fourth-order valence-electron chi connectivity index (χ4n) is 2.93. The minimum Gasteiger partial charge on any atom is -0.494 e. The van der Waals surface area contributed by atoms with Crippen LogP contribution in [0.1, 0.15) is 29.0 Å². The number of alkyl halides is 1. The van der Waals surface area contributed by atoms with E-state index in [0.717, 1.165) is 30.8 Å². The molecule has 23 heavy (non-hydrogen) atoms. The Morgan fingerprint density at radius 3 is 2.91 bits per heavy atom. The van der Waals surface area contributed by atoms with Crippen molar-refractivity contribution >= 4 is 28.6 Å². The van der Waals surface area contributed by atoms with E-state index in [1.165, 1.54) is 7.11 Å². The van der Waals surface area contributed by atoms with E-state index in [1.54, 1.807) is 19.2 Å². The Labute approximate surface area is 139 Å². The van der Waals surface area contributed by atoms with Crippen molar-refractivity contribution in [2.45, 2.75) is 31.4 Å². The number of carbonyl (C=O) groups is 1. The van der Waals surface area contributed by atoms with Crippen LogP contribution in [0.4, 0.5) is 0 Å². The number of carbonyl (C=O) groups excluding carboxylic acids is 1. The third-order valence-corrected chi connectivity index (χ3v) is 4.31. The van der Waals surface area contributed by atoms with E-state index in [1.807, 2.05) is 4.57 Å². The minimum atomic E-state index is -0.414. The van der Waals surface area contributed by atoms with Gasteiger partial charge in [-0.25, -0.2) is 9.78 Å². The average molecular weight is 339 g/mol. The van der Waals surface area contributed by atoms with Gasteiger partial charge in [0.05, 0.1) is 43.8 Å². The lowest BCUT2D eigenvalue weighted by molar-refractivity contribution is 0.0600. The van der Waals surface area contributed by atoms with Crippen LogP contribution in [0.25, 0.3) is 11.0 Å². The predicted molar refractivity (Wildman–Crippen MR) is 86.2 cm³/mol. The van der Waals surface area contributed by atoms with Crippen molar-refractivity contribution in [3.8, 4) is 5.75 Å². The molecular formula is C16H19ClN2O4. The molecule has 1 aromatic carbocycles. The molecule has 2 aromatic rings. The van der Waals surface area contributed by atoms with E-state index in [4.69, 9.17) is 25.8 Å². The average Bonchev–Trinajstić information content (AvgIpc) is 3.21. The second-order valence-electron chi connectivity index (χ2n) is 5.45. The normalized spacial score (nSPS) is 17.6. The van der Waals surface area contributed by atoms with E-state index >= 15 is 0 Å². The number of ether oxygens (including phenoxy) is 3. The van der Waals surface area contributed by atoms with Gasteiger partial charge in [0, 0.05) is 6.61 Å². The molecule has 0 unspecified atom stereocenters. The molecule has 0 bridgehead atoms. The highest BCUT2D eigenvalue weighted by Crippen LogP contribution is 2.30. The van der Waals surface area contributed by atoms with Crippen molar-refractivity contribution in [2.24, 2.45) is 0 Å². The molecule has 124 valence electrons. The molecule has 7 heteroatoms. The highest BCUT2D eigenvalue weighted by Gasteiger charge is 2.22. The molecule has 0 spiro atoms. The standard InChI is InChI=1S/C16H19ClN2O4/c1-21-13-7-10(16(20)22-2)6-12-15(13)18-14(8-17)19(12)9-11-4-3-5-23-11/h6-7,11H,3-5,8-9H2,1-2H3/t11-/m0/s1. The van der Waals surface area contributed by atoms with Gasteiger partial charge in [-0.3, -0.25) is 0 Å². The van der Waals surface area contributed by atoms with Gasteiger partial charge in [-0.05, 0) is 25.0 Å². The van der Waals surface area contributed by atoms with Gasteiger partial charge in [-0.1, -0.05) is 0 Å². The monoisotopic (exact) mass is 338 g/mol. The lowest BCUT2D eigenvalue weighted by Crippen LogP contribution is -2.16. The summed E-state index contributed by atoms with van der Waals surface area (Å²) in [5, 5.41) is 0. The number of imidazole rings is 1. The molecular weight excluding hydrogens is 320 g/mol. The molecule has 0 radical (unpaired) electrons. The number of methoxy groups -OCH3 is 2. The van der Waals surface area contributed by atoms with Gasteiger partial charge in [0.1, 0.15) is 17.1 Å². The molecule has 1 aliphatic heterocycles. The van der Waals surface area contributed by atoms with Crippen LogP contribution in [0.5, 0.6) is 5.75 Å². The Morgan fingerprint density at radius 2 is 2.30 bits per heavy atom. The van der Waals surface area contributed by atoms with Gasteiger partial charge in [-0.2, -0.15) is 0 Å². The van der Waals surface area contributed by atoms with Crippen molar-refractivity contribution in [3.05, 3.63) is 23.5 Å². The minimum absolute atomic E-state index is 0.141. The summed E-state index contributed by atoms with van der Waals surface area (Å²) in [6.07, 6.45) is 2.21. The van der Waals surface area contributed by atoms with Crippen molar-refractivity contribution in [1.82, 2.24) is 9.55 Å². The molecule has 1 aliphatic rings. The first-order valence-electron chi connectivity index (χ1n) is 7.51. The lowest BCUT2D eigenvalue weighted by atomic mass is 10.1. The molecule has 0 N–H and O–H groups in total. The van der Waals surface area contributed by atoms with Gasteiger partial charge in [0.2, 0.25) is 0 Å². The number of hydrogen-bond acceptors (Lipinski definition) is 5. The number of aromatic nitrogens is 2. The number of nitrogens with zero attached hydrogens (tertiary/aromatic N) is 2. The highest BCUT2D eigenvalue weighted by atomic mass is 35.5. The predicted octanol–water partition coefficient (Wildman–Crippen LogP) is 2.75. The second kappa shape index (κ2) is 6.76. The van der Waals surface area contributed by atoms with Crippen molar-refractivity contribution in [2.75, 3.05) is 20.8 Å². The first-order valence-corrected chi connectivity index (χ1v) is 8.04. The zero-order chi connectivity index (χ0) is 16.4. The molecule has 2 heterocycles. The third kappa shape index (κ3) is 3.01. The summed E-state index contributed by atoms with van der Waals surface area (Å²) < 4.78 is 17.9. The molecule has 1 fully saturated rings. The van der Waals surface area contributed by atoms with Gasteiger partial charge in [-0.15, -0.1) is 11.6 Å². The SMILES string of the molecule is COC(=O)c1cc(OC)c2nc(CCl)n(C[C@@H]3CCCO3)c2c1. The number of rotatable bonds is 5. The van der Waals surface area contributed by atoms with Crippen LogP contribution in [-0.4, -0.2) is 42.5 Å². The molecule has 0 saturated carbocycles. The Morgan fingerprint density at radius 1 is 1.48 bits per heavy atom. The highest BCUT2D eigenvalue weighted by molar-refractivity contribution is 6.17. The van der Waals surface area contributed by atoms with Crippen LogP contribution >= 0.6 is 11.6 Å². The number of halogens is 1. The Hall–Kier alpha value is -1.79. The number of hydrogen-bond donors (Lipinski definition) is 0. The molecule has 6 nitrogen and oxygen atoms in total. The van der Waals surface area contributed by atoms with Crippen LogP contribution in [-0.2, 0) is 21.9 Å². The topological polar surface area (TPSA) is 62.6 Å². The van der Waals surface area contributed by atoms with Crippen LogP contribution in [0.2, 0.25) is 0 Å². The maximum Gasteiger partial charge on any atom is 0.338 e. The smallest absolute Gasteiger partial charge is 0.338 e. The third-order valence-electron chi connectivity index (χ3n) is 4.07. The molecule has 1 atom stereocenters. The van der Waals surface area contributed by atoms with Gasteiger partial charge >= 0.3 is 5.97 Å². The van der Waals surface area contributed by atoms with Crippen LogP contribution in [0.3, 0.4) is 0 Å². The first-order chi connectivity index (χ1) is 11.2. The molecule has 0 aliphatic carbocycles. The van der Waals surface area contributed by atoms with Crippen molar-refractivity contribution < 1.29 is 19.0 Å². The number of benzene rings is 1. The van der Waals surface area contributed by atoms with Crippen molar-refractivity contribution in [3.63, 3.8) is 0 Å². The van der Waals surface area contributed by atoms with E-state index in [0.29, 0.717) is 23.4 Å². The fraction of sp³-hybridized carbons (Fsp3) is 0.500. The summed E-state index contributed by atoms with van der Waals surface area (Å²) in [6.45, 7) is 1.44. The van der Waals surface area contributed by atoms with Crippen LogP contribution in [0, 0.1) is 0 Å². The van der Waals surface area contributed by atoms with E-state index in [2.05, 4.69) is 4.98 Å². The molecule has 1 aromatic heterocycles. The Kier molecular flexibility index (Phi) is 4.73. The van der Waals surface area contributed by atoms with Crippen LogP contribution < -0.4 is 4.74 Å². The summed E-state index contributed by atoms with van der Waals surface area (Å²) in [6, 6.07) is 3.40. The maximum atomic E-state index is 11.9. The summed E-state index contributed by atoms with van der Waals surface area (Å²) >= 11 is 6.06. The number of fused-ring (bicyclic) bond motifs is 1. The summed E-state index contributed by atoms with van der Waals surface area (Å²) in [5.41, 5.74) is 1.91. The molecule has 1 saturated heterocycles. The lowest BCUT2D eigenvalue weighted by Gasteiger charge is -2.14. The van der Waals surface area contributed by atoms with E-state index < -0.39 is 5.97 Å². The fourth-order valence-corrected chi connectivity index (χ4v) is 3.13. The van der Waals surface area contributed by atoms with E-state index in [-0.39, 0.29) is 12.0 Å². The van der Waals surface area contributed by atoms with E-state index in [9.17, 15) is 4.79 Å². The largest absolute Gasteiger partial charge is 0.494 e. The van der Waals surface area contributed by atoms with Gasteiger partial charge in [0.25, 0.3) is 0 Å². The van der Waals surface area contributed by atoms with Crippen molar-refractivity contribution in [1.29, 1.82) is 0 Å². The zero-order valence-electron chi connectivity index (χ0n) is 13.2. The number of esters is 1. The first kappa shape index (κ1) is 16.1. The van der Waals surface area contributed by atoms with Crippen LogP contribution in [0.15, 0.2) is 12.1 Å². The summed E-state index contributed by atoms with van der Waals surface area (Å²) in [7, 11) is 2.90. The Bertz CT molecular complexity index is 722. The second-order valence-corrected chi connectivity index (χ2v) is 5.71. The Balaban J connectivity index is 2.13. The molecule has 0 amide bonds. The van der Waals surface area contributed by atoms with Gasteiger partial charge < -0.3 is 18.8 Å². The summed E-state index contributed by atoms with van der Waals surface area (Å²) in [5.74, 6) is 1.12. The van der Waals surface area contributed by atoms with Gasteiger partial charge in [0.15, 0.2) is 0 Å². The zero-order valence-corrected chi connectivity index (χ0v) is 13.9. The summed E-state index contributed by atoms with van der Waals surface area (Å²) in [4.78, 5) is 16.5.